The lowest BCUT2D eigenvalue weighted by molar-refractivity contribution is -0.384. The van der Waals surface area contributed by atoms with Gasteiger partial charge in [0, 0.05) is 51.1 Å². The number of fused-ring (bicyclic) bond motifs is 1. The lowest BCUT2D eigenvalue weighted by Crippen LogP contribution is -2.18. The molecule has 0 amide bonds. The minimum atomic E-state index is -0.731. The number of benzene rings is 5. The number of nitro groups is 1. The maximum atomic E-state index is 13.4. The Morgan fingerprint density at radius 2 is 1.35 bits per heavy atom. The highest BCUT2D eigenvalue weighted by atomic mass is 32.2. The van der Waals surface area contributed by atoms with E-state index < -0.39 is 16.7 Å². The molecule has 0 aliphatic heterocycles. The summed E-state index contributed by atoms with van der Waals surface area (Å²) < 4.78 is 0. The van der Waals surface area contributed by atoms with E-state index in [1.54, 1.807) is 43.3 Å². The van der Waals surface area contributed by atoms with Crippen molar-refractivity contribution in [2.75, 3.05) is 0 Å². The van der Waals surface area contributed by atoms with Gasteiger partial charge in [-0.05, 0) is 77.9 Å². The second-order valence-electron chi connectivity index (χ2n) is 9.65. The average Bonchev–Trinajstić information content (AvgIpc) is 3.01. The molecule has 0 heterocycles. The second-order valence-corrected chi connectivity index (χ2v) is 10.8. The van der Waals surface area contributed by atoms with E-state index in [9.17, 15) is 24.5 Å². The summed E-state index contributed by atoms with van der Waals surface area (Å²) in [5.74, 6) is -1.35. The van der Waals surface area contributed by atoms with Crippen molar-refractivity contribution in [3.63, 3.8) is 0 Å². The van der Waals surface area contributed by atoms with Crippen molar-refractivity contribution in [1.29, 1.82) is 0 Å². The number of hydrogen-bond acceptors (Lipinski definition) is 8. The standard InChI is InChI=1S/C34H24N2O6S/c1-21-7-14-28(36(40)41)20-31(21)32(35-42-22(2)37)34(39)25-12-17-30(18-13-25)43-29-15-10-24(11-16-29)33(38)27-9-8-23-5-3-4-6-26(23)19-27/h3-20H,1-2H3/b35-32+. The van der Waals surface area contributed by atoms with Crippen LogP contribution in [0, 0.1) is 17.0 Å². The fourth-order valence-electron chi connectivity index (χ4n) is 4.42. The van der Waals surface area contributed by atoms with Crippen molar-refractivity contribution >= 4 is 51.5 Å². The lowest BCUT2D eigenvalue weighted by Gasteiger charge is -2.09. The first-order valence-corrected chi connectivity index (χ1v) is 14.0. The highest BCUT2D eigenvalue weighted by Gasteiger charge is 2.22. The van der Waals surface area contributed by atoms with Gasteiger partial charge in [-0.2, -0.15) is 0 Å². The molecule has 5 aromatic carbocycles. The van der Waals surface area contributed by atoms with E-state index in [0.29, 0.717) is 16.7 Å². The van der Waals surface area contributed by atoms with Gasteiger partial charge in [-0.1, -0.05) is 59.4 Å². The van der Waals surface area contributed by atoms with Gasteiger partial charge in [0.05, 0.1) is 4.92 Å². The van der Waals surface area contributed by atoms with E-state index in [2.05, 4.69) is 5.16 Å². The van der Waals surface area contributed by atoms with Gasteiger partial charge in [-0.3, -0.25) is 19.7 Å². The molecule has 0 fully saturated rings. The summed E-state index contributed by atoms with van der Waals surface area (Å²) in [4.78, 5) is 55.2. The van der Waals surface area contributed by atoms with Crippen molar-refractivity contribution in [1.82, 2.24) is 0 Å². The van der Waals surface area contributed by atoms with Crippen LogP contribution in [0.3, 0.4) is 0 Å². The van der Waals surface area contributed by atoms with Gasteiger partial charge in [0.15, 0.2) is 11.5 Å². The van der Waals surface area contributed by atoms with Gasteiger partial charge in [-0.15, -0.1) is 0 Å². The lowest BCUT2D eigenvalue weighted by atomic mass is 9.97. The zero-order valence-corrected chi connectivity index (χ0v) is 24.0. The molecule has 0 atom stereocenters. The van der Waals surface area contributed by atoms with E-state index in [4.69, 9.17) is 4.84 Å². The first-order valence-electron chi connectivity index (χ1n) is 13.2. The Morgan fingerprint density at radius 3 is 1.98 bits per heavy atom. The van der Waals surface area contributed by atoms with E-state index >= 15 is 0 Å². The molecule has 43 heavy (non-hydrogen) atoms. The smallest absolute Gasteiger partial charge is 0.318 e. The number of carbonyl (C=O) groups excluding carboxylic acids is 3. The summed E-state index contributed by atoms with van der Waals surface area (Å²) in [6, 6.07) is 31.7. The summed E-state index contributed by atoms with van der Waals surface area (Å²) >= 11 is 1.46. The number of oxime groups is 1. The second kappa shape index (κ2) is 12.6. The van der Waals surface area contributed by atoms with Gasteiger partial charge >= 0.3 is 5.97 Å². The Labute approximate surface area is 251 Å². The fourth-order valence-corrected chi connectivity index (χ4v) is 5.24. The van der Waals surface area contributed by atoms with Gasteiger partial charge in [-0.25, -0.2) is 4.79 Å². The maximum absolute atomic E-state index is 13.4. The molecule has 0 aliphatic carbocycles. The van der Waals surface area contributed by atoms with Crippen LogP contribution in [0.5, 0.6) is 0 Å². The number of carbonyl (C=O) groups is 3. The van der Waals surface area contributed by atoms with Crippen molar-refractivity contribution in [2.45, 2.75) is 23.6 Å². The molecule has 0 bridgehead atoms. The van der Waals surface area contributed by atoms with E-state index in [1.165, 1.54) is 30.0 Å². The van der Waals surface area contributed by atoms with Gasteiger partial charge < -0.3 is 4.84 Å². The van der Waals surface area contributed by atoms with Gasteiger partial charge in [0.2, 0.25) is 5.78 Å². The molecule has 0 saturated carbocycles. The van der Waals surface area contributed by atoms with Crippen LogP contribution in [-0.4, -0.2) is 28.2 Å². The molecule has 8 nitrogen and oxygen atoms in total. The molecule has 0 aromatic heterocycles. The predicted molar refractivity (Wildman–Crippen MR) is 165 cm³/mol. The predicted octanol–water partition coefficient (Wildman–Crippen LogP) is 7.59. The molecule has 0 aliphatic rings. The molecule has 9 heteroatoms. The third-order valence-electron chi connectivity index (χ3n) is 6.65. The highest BCUT2D eigenvalue weighted by molar-refractivity contribution is 7.99. The number of rotatable bonds is 9. The van der Waals surface area contributed by atoms with Crippen LogP contribution in [0.2, 0.25) is 0 Å². The Morgan fingerprint density at radius 1 is 0.744 bits per heavy atom. The summed E-state index contributed by atoms with van der Waals surface area (Å²) in [7, 11) is 0. The Kier molecular flexibility index (Phi) is 8.54. The van der Waals surface area contributed by atoms with E-state index in [0.717, 1.165) is 27.5 Å². The van der Waals surface area contributed by atoms with Crippen LogP contribution >= 0.6 is 11.8 Å². The molecule has 0 N–H and O–H groups in total. The van der Waals surface area contributed by atoms with Crippen molar-refractivity contribution in [3.8, 4) is 0 Å². The number of nitro benzene ring substituents is 1. The summed E-state index contributed by atoms with van der Waals surface area (Å²) in [6.45, 7) is 2.82. The Balaban J connectivity index is 1.32. The van der Waals surface area contributed by atoms with Crippen LogP contribution in [0.4, 0.5) is 5.69 Å². The first-order chi connectivity index (χ1) is 20.7. The average molecular weight is 589 g/mol. The Hall–Kier alpha value is -5.41. The largest absolute Gasteiger partial charge is 0.332 e. The third-order valence-corrected chi connectivity index (χ3v) is 7.66. The molecule has 212 valence electrons. The maximum Gasteiger partial charge on any atom is 0.332 e. The van der Waals surface area contributed by atoms with Crippen molar-refractivity contribution in [3.05, 3.63) is 147 Å². The van der Waals surface area contributed by atoms with E-state index in [-0.39, 0.29) is 28.3 Å². The molecular weight excluding hydrogens is 564 g/mol. The topological polar surface area (TPSA) is 116 Å². The van der Waals surface area contributed by atoms with E-state index in [1.807, 2.05) is 54.6 Å². The zero-order valence-electron chi connectivity index (χ0n) is 23.1. The highest BCUT2D eigenvalue weighted by Crippen LogP contribution is 2.29. The number of aryl methyl sites for hydroxylation is 1. The number of ketones is 2. The number of hydrogen-bond donors (Lipinski definition) is 0. The van der Waals surface area contributed by atoms with Crippen molar-refractivity contribution < 1.29 is 24.1 Å². The zero-order chi connectivity index (χ0) is 30.5. The minimum Gasteiger partial charge on any atom is -0.318 e. The molecule has 5 rings (SSSR count). The monoisotopic (exact) mass is 588 g/mol. The fraction of sp³-hybridized carbons (Fsp3) is 0.0588. The summed E-state index contributed by atoms with van der Waals surface area (Å²) in [6.07, 6.45) is 0. The number of non-ortho nitro benzene ring substituents is 1. The molecular formula is C34H24N2O6S. The summed E-state index contributed by atoms with van der Waals surface area (Å²) in [5, 5.41) is 17.1. The minimum absolute atomic E-state index is 0.0598. The van der Waals surface area contributed by atoms with Crippen LogP contribution < -0.4 is 0 Å². The van der Waals surface area contributed by atoms with Gasteiger partial charge in [0.1, 0.15) is 0 Å². The quantitative estimate of drug-likeness (QED) is 0.0573. The Bertz CT molecular complexity index is 1910. The third kappa shape index (κ3) is 6.74. The van der Waals surface area contributed by atoms with Crippen LogP contribution in [-0.2, 0) is 9.63 Å². The van der Waals surface area contributed by atoms with Crippen molar-refractivity contribution in [2.24, 2.45) is 5.16 Å². The van der Waals surface area contributed by atoms with Gasteiger partial charge in [0.25, 0.3) is 5.69 Å². The normalized spacial score (nSPS) is 11.3. The van der Waals surface area contributed by atoms with Crippen LogP contribution in [0.15, 0.2) is 124 Å². The number of nitrogens with zero attached hydrogens (tertiary/aromatic N) is 2. The van der Waals surface area contributed by atoms with Crippen LogP contribution in [0.25, 0.3) is 10.8 Å². The molecule has 0 radical (unpaired) electrons. The number of Topliss-reactive ketones (excluding diaryl/α,β-unsaturated/α-hetero) is 1. The summed E-state index contributed by atoms with van der Waals surface area (Å²) in [5.41, 5.74) is 1.77. The van der Waals surface area contributed by atoms with Crippen LogP contribution in [0.1, 0.15) is 44.3 Å². The SMILES string of the molecule is CC(=O)O/N=C(/C(=O)c1ccc(Sc2ccc(C(=O)c3ccc4ccccc4c3)cc2)cc1)c1cc([N+](=O)[O-])ccc1C. The molecule has 0 saturated heterocycles. The molecule has 5 aromatic rings. The molecule has 0 spiro atoms. The first kappa shape index (κ1) is 29.1. The molecule has 0 unspecified atom stereocenters.